The molecule has 0 spiro atoms. The average molecular weight is 339 g/mol. The lowest BCUT2D eigenvalue weighted by Crippen LogP contribution is -2.40. The van der Waals surface area contributed by atoms with Crippen LogP contribution in [-0.2, 0) is 22.6 Å². The minimum atomic E-state index is -0.889. The number of aliphatic carboxylic acids is 1. The molecule has 0 aliphatic carbocycles. The monoisotopic (exact) mass is 339 g/mol. The number of fused-ring (bicyclic) bond motifs is 1. The molecule has 130 valence electrons. The lowest BCUT2D eigenvalue weighted by molar-refractivity contribution is -0.141. The molecule has 1 aliphatic heterocycles. The molecular formula is C20H21NO4. The van der Waals surface area contributed by atoms with Crippen LogP contribution in [0.15, 0.2) is 48.5 Å². The van der Waals surface area contributed by atoms with Gasteiger partial charge in [0.1, 0.15) is 5.75 Å². The summed E-state index contributed by atoms with van der Waals surface area (Å²) in [4.78, 5) is 25.8. The highest BCUT2D eigenvalue weighted by Crippen LogP contribution is 2.29. The summed E-state index contributed by atoms with van der Waals surface area (Å²) in [6, 6.07) is 15.1. The highest BCUT2D eigenvalue weighted by molar-refractivity contribution is 5.81. The molecule has 0 aromatic heterocycles. The van der Waals surface area contributed by atoms with Crippen LogP contribution in [0.1, 0.15) is 29.0 Å². The second kappa shape index (κ2) is 7.38. The van der Waals surface area contributed by atoms with Gasteiger partial charge >= 0.3 is 5.97 Å². The Balaban J connectivity index is 1.67. The molecule has 0 fully saturated rings. The first-order chi connectivity index (χ1) is 12.1. The normalized spacial score (nSPS) is 16.2. The minimum absolute atomic E-state index is 0.0171. The van der Waals surface area contributed by atoms with Gasteiger partial charge in [0.05, 0.1) is 13.0 Å². The number of hydrogen-bond donors (Lipinski definition) is 1. The summed E-state index contributed by atoms with van der Waals surface area (Å²) in [6.45, 7) is 0.704. The Morgan fingerprint density at radius 1 is 1.16 bits per heavy atom. The SMILES string of the molecule is COc1ccc(CCC(=O)N2Cc3ccccc3[C@H](C(=O)O)C2)cc1. The number of carbonyl (C=O) groups excluding carboxylic acids is 1. The first-order valence-electron chi connectivity index (χ1n) is 8.30. The fourth-order valence-electron chi connectivity index (χ4n) is 3.21. The molecule has 1 amide bonds. The highest BCUT2D eigenvalue weighted by Gasteiger charge is 2.32. The van der Waals surface area contributed by atoms with Crippen LogP contribution in [0, 0.1) is 0 Å². The van der Waals surface area contributed by atoms with Gasteiger partial charge in [-0.15, -0.1) is 0 Å². The predicted octanol–water partition coefficient (Wildman–Crippen LogP) is 2.84. The third-order valence-corrected chi connectivity index (χ3v) is 4.63. The maximum atomic E-state index is 12.6. The number of rotatable bonds is 5. The van der Waals surface area contributed by atoms with Crippen LogP contribution in [0.3, 0.4) is 0 Å². The van der Waals surface area contributed by atoms with Crippen molar-refractivity contribution in [1.29, 1.82) is 0 Å². The topological polar surface area (TPSA) is 66.8 Å². The van der Waals surface area contributed by atoms with Crippen LogP contribution in [0.2, 0.25) is 0 Å². The summed E-state index contributed by atoms with van der Waals surface area (Å²) in [7, 11) is 1.62. The highest BCUT2D eigenvalue weighted by atomic mass is 16.5. The van der Waals surface area contributed by atoms with Crippen molar-refractivity contribution in [1.82, 2.24) is 4.90 Å². The molecule has 3 rings (SSSR count). The van der Waals surface area contributed by atoms with Crippen molar-refractivity contribution >= 4 is 11.9 Å². The molecular weight excluding hydrogens is 318 g/mol. The Kier molecular flexibility index (Phi) is 5.03. The average Bonchev–Trinajstić information content (AvgIpc) is 2.65. The van der Waals surface area contributed by atoms with Crippen LogP contribution in [-0.4, -0.2) is 35.5 Å². The zero-order valence-electron chi connectivity index (χ0n) is 14.1. The Morgan fingerprint density at radius 3 is 2.56 bits per heavy atom. The minimum Gasteiger partial charge on any atom is -0.497 e. The lowest BCUT2D eigenvalue weighted by atomic mass is 9.89. The second-order valence-corrected chi connectivity index (χ2v) is 6.21. The van der Waals surface area contributed by atoms with E-state index >= 15 is 0 Å². The fourth-order valence-corrected chi connectivity index (χ4v) is 3.21. The van der Waals surface area contributed by atoms with E-state index in [1.165, 1.54) is 0 Å². The molecule has 0 saturated heterocycles. The number of carboxylic acids is 1. The molecule has 1 aliphatic rings. The van der Waals surface area contributed by atoms with Gasteiger partial charge in [0.15, 0.2) is 0 Å². The summed E-state index contributed by atoms with van der Waals surface area (Å²) < 4.78 is 5.13. The van der Waals surface area contributed by atoms with Gasteiger partial charge < -0.3 is 14.7 Å². The van der Waals surface area contributed by atoms with Crippen molar-refractivity contribution in [2.45, 2.75) is 25.3 Å². The molecule has 5 nitrogen and oxygen atoms in total. The van der Waals surface area contributed by atoms with Gasteiger partial charge in [-0.1, -0.05) is 36.4 Å². The maximum Gasteiger partial charge on any atom is 0.312 e. The Morgan fingerprint density at radius 2 is 1.88 bits per heavy atom. The molecule has 5 heteroatoms. The van der Waals surface area contributed by atoms with E-state index in [2.05, 4.69) is 0 Å². The van der Waals surface area contributed by atoms with Gasteiger partial charge in [0.2, 0.25) is 5.91 Å². The summed E-state index contributed by atoms with van der Waals surface area (Å²) in [5.41, 5.74) is 2.79. The van der Waals surface area contributed by atoms with Crippen molar-refractivity contribution in [3.05, 3.63) is 65.2 Å². The van der Waals surface area contributed by atoms with Gasteiger partial charge in [-0.2, -0.15) is 0 Å². The summed E-state index contributed by atoms with van der Waals surface area (Å²) in [5, 5.41) is 9.49. The first-order valence-corrected chi connectivity index (χ1v) is 8.30. The smallest absolute Gasteiger partial charge is 0.312 e. The molecule has 2 aromatic carbocycles. The third-order valence-electron chi connectivity index (χ3n) is 4.63. The Hall–Kier alpha value is -2.82. The number of ether oxygens (including phenoxy) is 1. The van der Waals surface area contributed by atoms with Crippen molar-refractivity contribution < 1.29 is 19.4 Å². The van der Waals surface area contributed by atoms with Crippen molar-refractivity contribution in [3.63, 3.8) is 0 Å². The number of nitrogens with zero attached hydrogens (tertiary/aromatic N) is 1. The van der Waals surface area contributed by atoms with E-state index in [0.29, 0.717) is 19.4 Å². The van der Waals surface area contributed by atoms with Crippen molar-refractivity contribution in [3.8, 4) is 5.75 Å². The van der Waals surface area contributed by atoms with Crippen molar-refractivity contribution in [2.75, 3.05) is 13.7 Å². The summed E-state index contributed by atoms with van der Waals surface area (Å²) in [5.74, 6) is -0.779. The number of aryl methyl sites for hydroxylation is 1. The number of methoxy groups -OCH3 is 1. The molecule has 0 saturated carbocycles. The van der Waals surface area contributed by atoms with Gasteiger partial charge in [0, 0.05) is 19.5 Å². The Labute approximate surface area is 146 Å². The molecule has 25 heavy (non-hydrogen) atoms. The molecule has 2 aromatic rings. The number of hydrogen-bond acceptors (Lipinski definition) is 3. The van der Waals surface area contributed by atoms with Crippen LogP contribution in [0.25, 0.3) is 0 Å². The van der Waals surface area contributed by atoms with Crippen molar-refractivity contribution in [2.24, 2.45) is 0 Å². The van der Waals surface area contributed by atoms with Gasteiger partial charge in [-0.05, 0) is 35.2 Å². The van der Waals surface area contributed by atoms with E-state index in [9.17, 15) is 14.7 Å². The maximum absolute atomic E-state index is 12.6. The summed E-state index contributed by atoms with van der Waals surface area (Å²) in [6.07, 6.45) is 0.986. The van der Waals surface area contributed by atoms with E-state index in [1.807, 2.05) is 48.5 Å². The van der Waals surface area contributed by atoms with E-state index in [4.69, 9.17) is 4.74 Å². The number of benzene rings is 2. The molecule has 0 radical (unpaired) electrons. The van der Waals surface area contributed by atoms with Gasteiger partial charge in [0.25, 0.3) is 0 Å². The van der Waals surface area contributed by atoms with Crippen LogP contribution in [0.4, 0.5) is 0 Å². The van der Waals surface area contributed by atoms with Gasteiger partial charge in [-0.3, -0.25) is 9.59 Å². The van der Waals surface area contributed by atoms with E-state index < -0.39 is 11.9 Å². The first kappa shape index (κ1) is 17.0. The van der Waals surface area contributed by atoms with Gasteiger partial charge in [-0.25, -0.2) is 0 Å². The van der Waals surface area contributed by atoms with E-state index in [-0.39, 0.29) is 12.5 Å². The standard InChI is InChI=1S/C20H21NO4/c1-25-16-9-6-14(7-10-16)8-11-19(22)21-12-15-4-2-3-5-17(15)18(13-21)20(23)24/h2-7,9-10,18H,8,11-13H2,1H3,(H,23,24)/t18-/m1/s1. The van der Waals surface area contributed by atoms with E-state index in [0.717, 1.165) is 22.4 Å². The fraction of sp³-hybridized carbons (Fsp3) is 0.300. The molecule has 1 atom stereocenters. The third kappa shape index (κ3) is 3.82. The van der Waals surface area contributed by atoms with Crippen LogP contribution in [0.5, 0.6) is 5.75 Å². The quantitative estimate of drug-likeness (QED) is 0.910. The van der Waals surface area contributed by atoms with Crippen LogP contribution < -0.4 is 4.74 Å². The number of carbonyl (C=O) groups is 2. The predicted molar refractivity (Wildman–Crippen MR) is 93.6 cm³/mol. The number of carboxylic acid groups (broad SMARTS) is 1. The Bertz CT molecular complexity index is 770. The lowest BCUT2D eigenvalue weighted by Gasteiger charge is -2.33. The number of amides is 1. The zero-order chi connectivity index (χ0) is 17.8. The summed E-state index contributed by atoms with van der Waals surface area (Å²) >= 11 is 0. The second-order valence-electron chi connectivity index (χ2n) is 6.21. The van der Waals surface area contributed by atoms with E-state index in [1.54, 1.807) is 12.0 Å². The molecule has 1 heterocycles. The molecule has 1 N–H and O–H groups in total. The molecule has 0 unspecified atom stereocenters. The molecule has 0 bridgehead atoms. The zero-order valence-corrected chi connectivity index (χ0v) is 14.1. The van der Waals surface area contributed by atoms with Crippen LogP contribution >= 0.6 is 0 Å². The largest absolute Gasteiger partial charge is 0.497 e.